The monoisotopic (exact) mass is 463 g/mol. The predicted octanol–water partition coefficient (Wildman–Crippen LogP) is 2.63. The number of benzene rings is 2. The molecule has 31 heavy (non-hydrogen) atoms. The second-order valence-electron chi connectivity index (χ2n) is 7.71. The van der Waals surface area contributed by atoms with Crippen LogP contribution in [0.2, 0.25) is 5.02 Å². The second kappa shape index (κ2) is 9.06. The van der Waals surface area contributed by atoms with Gasteiger partial charge in [-0.2, -0.15) is 4.31 Å². The fourth-order valence-corrected chi connectivity index (χ4v) is 6.17. The van der Waals surface area contributed by atoms with E-state index in [0.717, 1.165) is 30.8 Å². The first kappa shape index (κ1) is 21.9. The van der Waals surface area contributed by atoms with Gasteiger partial charge in [-0.25, -0.2) is 8.42 Å². The molecule has 0 saturated carbocycles. The minimum Gasteiger partial charge on any atom is -0.495 e. The standard InChI is InChI=1S/C22H26ClN3O4S/c1-30-19-9-4-6-17-7-5-11-25(22(17)19)16-21(27)24-12-14-26(15-13-24)31(28,29)20-10-3-2-8-18(20)23/h2-4,6,8-10H,5,7,11-16H2,1H3. The Balaban J connectivity index is 1.42. The minimum absolute atomic E-state index is 0.00597. The van der Waals surface area contributed by atoms with Crippen molar-refractivity contribution in [3.8, 4) is 5.75 Å². The molecule has 0 atom stereocenters. The summed E-state index contributed by atoms with van der Waals surface area (Å²) in [6.07, 6.45) is 1.95. The van der Waals surface area contributed by atoms with Gasteiger partial charge in [-0.15, -0.1) is 0 Å². The number of methoxy groups -OCH3 is 1. The summed E-state index contributed by atoms with van der Waals surface area (Å²) >= 11 is 6.10. The van der Waals surface area contributed by atoms with E-state index < -0.39 is 10.0 Å². The van der Waals surface area contributed by atoms with E-state index in [1.54, 1.807) is 30.2 Å². The van der Waals surface area contributed by atoms with Gasteiger partial charge in [0, 0.05) is 32.7 Å². The van der Waals surface area contributed by atoms with Gasteiger partial charge < -0.3 is 14.5 Å². The zero-order valence-electron chi connectivity index (χ0n) is 17.5. The van der Waals surface area contributed by atoms with Gasteiger partial charge in [0.15, 0.2) is 0 Å². The fraction of sp³-hybridized carbons (Fsp3) is 0.409. The summed E-state index contributed by atoms with van der Waals surface area (Å²) in [6.45, 7) is 2.26. The van der Waals surface area contributed by atoms with Gasteiger partial charge in [-0.05, 0) is 36.6 Å². The quantitative estimate of drug-likeness (QED) is 0.681. The molecule has 1 amide bonds. The first-order chi connectivity index (χ1) is 14.9. The maximum atomic E-state index is 13.0. The van der Waals surface area contributed by atoms with E-state index in [1.165, 1.54) is 15.9 Å². The molecule has 0 bridgehead atoms. The average molecular weight is 464 g/mol. The topological polar surface area (TPSA) is 70.2 Å². The number of halogens is 1. The Morgan fingerprint density at radius 3 is 2.48 bits per heavy atom. The third-order valence-corrected chi connectivity index (χ3v) is 8.26. The summed E-state index contributed by atoms with van der Waals surface area (Å²) in [7, 11) is -2.04. The predicted molar refractivity (Wildman–Crippen MR) is 120 cm³/mol. The SMILES string of the molecule is COc1cccc2c1N(CC(=O)N1CCN(S(=O)(=O)c3ccccc3Cl)CC1)CCC2. The van der Waals surface area contributed by atoms with Crippen molar-refractivity contribution in [2.75, 3.05) is 51.3 Å². The maximum absolute atomic E-state index is 13.0. The molecule has 2 aromatic carbocycles. The number of ether oxygens (including phenoxy) is 1. The number of hydrogen-bond donors (Lipinski definition) is 0. The lowest BCUT2D eigenvalue weighted by Gasteiger charge is -2.37. The Morgan fingerprint density at radius 2 is 1.77 bits per heavy atom. The summed E-state index contributed by atoms with van der Waals surface area (Å²) in [6, 6.07) is 12.4. The van der Waals surface area contributed by atoms with E-state index in [-0.39, 0.29) is 35.5 Å². The number of piperazine rings is 1. The second-order valence-corrected chi connectivity index (χ2v) is 10.0. The molecule has 0 unspecified atom stereocenters. The van der Waals surface area contributed by atoms with Gasteiger partial charge in [0.05, 0.1) is 24.4 Å². The van der Waals surface area contributed by atoms with Crippen molar-refractivity contribution in [1.82, 2.24) is 9.21 Å². The van der Waals surface area contributed by atoms with Crippen LogP contribution in [0.5, 0.6) is 5.75 Å². The van der Waals surface area contributed by atoms with Crippen LogP contribution in [0.3, 0.4) is 0 Å². The molecule has 166 valence electrons. The number of carbonyl (C=O) groups excluding carboxylic acids is 1. The number of amides is 1. The summed E-state index contributed by atoms with van der Waals surface area (Å²) in [5, 5.41) is 0.207. The van der Waals surface area contributed by atoms with Crippen LogP contribution >= 0.6 is 11.6 Å². The number of carbonyl (C=O) groups is 1. The third kappa shape index (κ3) is 4.37. The molecule has 0 aromatic heterocycles. The highest BCUT2D eigenvalue weighted by Gasteiger charge is 2.32. The van der Waals surface area contributed by atoms with Crippen LogP contribution in [0.1, 0.15) is 12.0 Å². The average Bonchev–Trinajstić information content (AvgIpc) is 2.79. The van der Waals surface area contributed by atoms with Crippen LogP contribution in [0.4, 0.5) is 5.69 Å². The van der Waals surface area contributed by atoms with Crippen LogP contribution in [0, 0.1) is 0 Å². The number of fused-ring (bicyclic) bond motifs is 1. The lowest BCUT2D eigenvalue weighted by molar-refractivity contribution is -0.130. The number of para-hydroxylation sites is 1. The van der Waals surface area contributed by atoms with E-state index >= 15 is 0 Å². The van der Waals surface area contributed by atoms with Crippen molar-refractivity contribution in [2.24, 2.45) is 0 Å². The van der Waals surface area contributed by atoms with Crippen LogP contribution < -0.4 is 9.64 Å². The lowest BCUT2D eigenvalue weighted by atomic mass is 10.0. The highest BCUT2D eigenvalue weighted by atomic mass is 35.5. The molecule has 2 aromatic rings. The normalized spacial score (nSPS) is 17.4. The number of sulfonamides is 1. The van der Waals surface area contributed by atoms with Gasteiger partial charge in [0.25, 0.3) is 0 Å². The molecular weight excluding hydrogens is 438 g/mol. The Morgan fingerprint density at radius 1 is 1.03 bits per heavy atom. The van der Waals surface area contributed by atoms with E-state index in [1.807, 2.05) is 12.1 Å². The van der Waals surface area contributed by atoms with Crippen molar-refractivity contribution in [3.05, 3.63) is 53.1 Å². The molecule has 2 aliphatic heterocycles. The van der Waals surface area contributed by atoms with E-state index in [4.69, 9.17) is 16.3 Å². The summed E-state index contributed by atoms with van der Waals surface area (Å²) < 4.78 is 32.8. The molecule has 7 nitrogen and oxygen atoms in total. The number of rotatable bonds is 5. The van der Waals surface area contributed by atoms with Gasteiger partial charge in [0.2, 0.25) is 15.9 Å². The molecule has 0 radical (unpaired) electrons. The van der Waals surface area contributed by atoms with Crippen LogP contribution in [0.15, 0.2) is 47.4 Å². The van der Waals surface area contributed by atoms with Gasteiger partial charge in [-0.1, -0.05) is 35.9 Å². The smallest absolute Gasteiger partial charge is 0.244 e. The summed E-state index contributed by atoms with van der Waals surface area (Å²) in [5.41, 5.74) is 2.18. The number of anilines is 1. The fourth-order valence-electron chi connectivity index (χ4n) is 4.26. The third-order valence-electron chi connectivity index (χ3n) is 5.86. The number of nitrogens with zero attached hydrogens (tertiary/aromatic N) is 3. The van der Waals surface area contributed by atoms with Crippen molar-refractivity contribution in [3.63, 3.8) is 0 Å². The van der Waals surface area contributed by atoms with E-state index in [0.29, 0.717) is 13.1 Å². The van der Waals surface area contributed by atoms with Crippen molar-refractivity contribution in [2.45, 2.75) is 17.7 Å². The first-order valence-electron chi connectivity index (χ1n) is 10.3. The molecule has 0 aliphatic carbocycles. The largest absolute Gasteiger partial charge is 0.495 e. The molecule has 9 heteroatoms. The minimum atomic E-state index is -3.68. The molecule has 1 fully saturated rings. The molecule has 1 saturated heterocycles. The maximum Gasteiger partial charge on any atom is 0.244 e. The molecule has 4 rings (SSSR count). The first-order valence-corrected chi connectivity index (χ1v) is 12.2. The van der Waals surface area contributed by atoms with E-state index in [9.17, 15) is 13.2 Å². The molecule has 2 heterocycles. The van der Waals surface area contributed by atoms with Gasteiger partial charge >= 0.3 is 0 Å². The molecular formula is C22H26ClN3O4S. The van der Waals surface area contributed by atoms with Crippen LogP contribution in [-0.4, -0.2) is 69.9 Å². The van der Waals surface area contributed by atoms with Gasteiger partial charge in [0.1, 0.15) is 10.6 Å². The van der Waals surface area contributed by atoms with Crippen molar-refractivity contribution in [1.29, 1.82) is 0 Å². The zero-order chi connectivity index (χ0) is 22.0. The van der Waals surface area contributed by atoms with Crippen molar-refractivity contribution >= 4 is 33.2 Å². The van der Waals surface area contributed by atoms with Crippen LogP contribution in [0.25, 0.3) is 0 Å². The summed E-state index contributed by atoms with van der Waals surface area (Å²) in [5.74, 6) is 0.772. The Labute approximate surface area is 188 Å². The van der Waals surface area contributed by atoms with Crippen LogP contribution in [-0.2, 0) is 21.2 Å². The Hall–Kier alpha value is -2.29. The highest BCUT2D eigenvalue weighted by Crippen LogP contribution is 2.36. The molecule has 0 spiro atoms. The number of hydrogen-bond acceptors (Lipinski definition) is 5. The van der Waals surface area contributed by atoms with E-state index in [2.05, 4.69) is 11.0 Å². The zero-order valence-corrected chi connectivity index (χ0v) is 19.0. The summed E-state index contributed by atoms with van der Waals surface area (Å²) in [4.78, 5) is 16.9. The molecule has 0 N–H and O–H groups in total. The number of aryl methyl sites for hydroxylation is 1. The molecule has 2 aliphatic rings. The lowest BCUT2D eigenvalue weighted by Crippen LogP contribution is -2.53. The Bertz CT molecular complexity index is 1050. The van der Waals surface area contributed by atoms with Crippen molar-refractivity contribution < 1.29 is 17.9 Å². The Kier molecular flexibility index (Phi) is 6.41. The van der Waals surface area contributed by atoms with Gasteiger partial charge in [-0.3, -0.25) is 4.79 Å². The highest BCUT2D eigenvalue weighted by molar-refractivity contribution is 7.89.